The van der Waals surface area contributed by atoms with E-state index in [0.717, 1.165) is 54.1 Å². The van der Waals surface area contributed by atoms with E-state index in [-0.39, 0.29) is 18.4 Å². The molecule has 232 valence electrons. The number of thioether (sulfide) groups is 1. The number of benzene rings is 3. The zero-order valence-electron chi connectivity index (χ0n) is 25.9. The summed E-state index contributed by atoms with van der Waals surface area (Å²) in [5.41, 5.74) is 6.16. The van der Waals surface area contributed by atoms with E-state index >= 15 is 0 Å². The molecule has 1 aromatic heterocycles. The molecule has 1 fully saturated rings. The number of hydrogen-bond donors (Lipinski definition) is 2. The molecule has 4 aromatic rings. The second-order valence-electron chi connectivity index (χ2n) is 11.5. The van der Waals surface area contributed by atoms with Crippen LogP contribution in [0.1, 0.15) is 54.5 Å². The molecule has 2 N–H and O–H groups in total. The standard InChI is InChI=1S/C35H38N6O3S/c1-23-11-10-14-29(24(23)2)37-33(43)31-25(3)36-34-38-35(45-22-26-12-6-4-7-13-26)39-41(34)32(31)27-15-17-28(18-16-27)44-21-30(42)40-19-8-5-9-20-40/h4,6-7,10-18,32H,5,8-9,19-22H2,1-3H3,(H,37,43)(H,36,38,39). The zero-order valence-corrected chi connectivity index (χ0v) is 26.7. The van der Waals surface area contributed by atoms with Gasteiger partial charge in [0, 0.05) is 30.2 Å². The van der Waals surface area contributed by atoms with Gasteiger partial charge in [-0.1, -0.05) is 66.4 Å². The average molecular weight is 623 g/mol. The number of carbonyl (C=O) groups is 2. The number of carbonyl (C=O) groups excluding carboxylic acids is 2. The van der Waals surface area contributed by atoms with E-state index in [0.29, 0.717) is 28.1 Å². The van der Waals surface area contributed by atoms with Crippen molar-refractivity contribution in [3.8, 4) is 5.75 Å². The van der Waals surface area contributed by atoms with E-state index in [2.05, 4.69) is 22.8 Å². The van der Waals surface area contributed by atoms with Crippen LogP contribution in [0.15, 0.2) is 89.2 Å². The third kappa shape index (κ3) is 6.91. The van der Waals surface area contributed by atoms with Gasteiger partial charge in [0.2, 0.25) is 11.1 Å². The lowest BCUT2D eigenvalue weighted by molar-refractivity contribution is -0.134. The van der Waals surface area contributed by atoms with Gasteiger partial charge in [-0.15, -0.1) is 5.10 Å². The van der Waals surface area contributed by atoms with E-state index in [1.165, 1.54) is 12.0 Å². The number of aromatic nitrogens is 3. The van der Waals surface area contributed by atoms with Gasteiger partial charge in [-0.2, -0.15) is 4.98 Å². The zero-order chi connectivity index (χ0) is 31.3. The lowest BCUT2D eigenvalue weighted by Gasteiger charge is -2.29. The molecule has 2 aliphatic heterocycles. The van der Waals surface area contributed by atoms with Gasteiger partial charge in [-0.05, 0) is 80.5 Å². The van der Waals surface area contributed by atoms with Crippen LogP contribution in [0.2, 0.25) is 0 Å². The molecule has 6 rings (SSSR count). The van der Waals surface area contributed by atoms with Crippen molar-refractivity contribution in [2.75, 3.05) is 30.3 Å². The van der Waals surface area contributed by atoms with Crippen LogP contribution in [0.25, 0.3) is 0 Å². The maximum Gasteiger partial charge on any atom is 0.260 e. The fourth-order valence-corrected chi connectivity index (χ4v) is 6.50. The Balaban J connectivity index is 1.27. The fourth-order valence-electron chi connectivity index (χ4n) is 5.72. The molecule has 1 atom stereocenters. The van der Waals surface area contributed by atoms with Crippen molar-refractivity contribution >= 4 is 35.2 Å². The first-order valence-corrected chi connectivity index (χ1v) is 16.3. The van der Waals surface area contributed by atoms with Crippen LogP contribution in [0.4, 0.5) is 11.6 Å². The highest BCUT2D eigenvalue weighted by atomic mass is 32.2. The number of ether oxygens (including phenoxy) is 1. The van der Waals surface area contributed by atoms with Crippen molar-refractivity contribution in [1.29, 1.82) is 0 Å². The molecular weight excluding hydrogens is 584 g/mol. The molecule has 0 radical (unpaired) electrons. The SMILES string of the molecule is CC1=C(C(=O)Nc2cccc(C)c2C)C(c2ccc(OCC(=O)N3CCCCC3)cc2)n2nc(SCc3ccccc3)nc2N1. The third-order valence-electron chi connectivity index (χ3n) is 8.41. The summed E-state index contributed by atoms with van der Waals surface area (Å²) in [4.78, 5) is 33.3. The molecule has 10 heteroatoms. The molecule has 9 nitrogen and oxygen atoms in total. The topological polar surface area (TPSA) is 101 Å². The average Bonchev–Trinajstić information content (AvgIpc) is 3.47. The normalized spacial score (nSPS) is 16.2. The number of amides is 2. The number of rotatable bonds is 9. The van der Waals surface area contributed by atoms with Crippen molar-refractivity contribution in [2.45, 2.75) is 57.0 Å². The van der Waals surface area contributed by atoms with Crippen molar-refractivity contribution in [3.63, 3.8) is 0 Å². The molecule has 1 unspecified atom stereocenters. The van der Waals surface area contributed by atoms with Gasteiger partial charge in [-0.3, -0.25) is 9.59 Å². The van der Waals surface area contributed by atoms with E-state index in [1.807, 2.05) is 86.3 Å². The van der Waals surface area contributed by atoms with E-state index in [4.69, 9.17) is 14.8 Å². The van der Waals surface area contributed by atoms with Crippen LogP contribution >= 0.6 is 11.8 Å². The quantitative estimate of drug-likeness (QED) is 0.205. The number of hydrogen-bond acceptors (Lipinski definition) is 7. The van der Waals surface area contributed by atoms with E-state index in [9.17, 15) is 9.59 Å². The molecule has 2 amide bonds. The van der Waals surface area contributed by atoms with Gasteiger partial charge in [0.1, 0.15) is 11.8 Å². The molecule has 0 spiro atoms. The summed E-state index contributed by atoms with van der Waals surface area (Å²) in [5.74, 6) is 1.69. The Labute approximate surface area is 268 Å². The van der Waals surface area contributed by atoms with E-state index in [1.54, 1.807) is 16.4 Å². The Hall–Kier alpha value is -4.57. The number of likely N-dealkylation sites (tertiary alicyclic amines) is 1. The smallest absolute Gasteiger partial charge is 0.260 e. The summed E-state index contributed by atoms with van der Waals surface area (Å²) in [6.45, 7) is 7.51. The number of nitrogens with one attached hydrogen (secondary N) is 2. The van der Waals surface area contributed by atoms with Crippen LogP contribution in [-0.4, -0.2) is 51.2 Å². The van der Waals surface area contributed by atoms with E-state index < -0.39 is 6.04 Å². The second-order valence-corrected chi connectivity index (χ2v) is 12.4. The van der Waals surface area contributed by atoms with Gasteiger partial charge >= 0.3 is 0 Å². The summed E-state index contributed by atoms with van der Waals surface area (Å²) in [6.07, 6.45) is 3.25. The maximum atomic E-state index is 14.0. The first-order valence-electron chi connectivity index (χ1n) is 15.4. The highest BCUT2D eigenvalue weighted by molar-refractivity contribution is 7.98. The fraction of sp³-hybridized carbons (Fsp3) is 0.314. The molecule has 0 saturated carbocycles. The van der Waals surface area contributed by atoms with Gasteiger partial charge in [0.25, 0.3) is 11.8 Å². The van der Waals surface area contributed by atoms with Crippen LogP contribution in [0, 0.1) is 13.8 Å². The summed E-state index contributed by atoms with van der Waals surface area (Å²) in [5, 5.41) is 12.0. The number of allylic oxidation sites excluding steroid dienone is 1. The van der Waals surface area contributed by atoms with Crippen molar-refractivity contribution in [3.05, 3.63) is 106 Å². The Morgan fingerprint density at radius 2 is 1.71 bits per heavy atom. The minimum Gasteiger partial charge on any atom is -0.484 e. The molecule has 1 saturated heterocycles. The second kappa shape index (κ2) is 13.6. The Bertz CT molecular complexity index is 1710. The first-order chi connectivity index (χ1) is 21.9. The van der Waals surface area contributed by atoms with Crippen LogP contribution in [0.3, 0.4) is 0 Å². The summed E-state index contributed by atoms with van der Waals surface area (Å²) < 4.78 is 7.66. The van der Waals surface area contributed by atoms with Crippen LogP contribution in [0.5, 0.6) is 5.75 Å². The van der Waals surface area contributed by atoms with Gasteiger partial charge < -0.3 is 20.3 Å². The number of anilines is 2. The van der Waals surface area contributed by atoms with Crippen LogP contribution in [-0.2, 0) is 15.3 Å². The first kappa shape index (κ1) is 30.5. The van der Waals surface area contributed by atoms with Gasteiger partial charge in [0.15, 0.2) is 6.61 Å². The largest absolute Gasteiger partial charge is 0.484 e. The summed E-state index contributed by atoms with van der Waals surface area (Å²) in [7, 11) is 0. The van der Waals surface area contributed by atoms with Gasteiger partial charge in [0.05, 0.1) is 5.57 Å². The number of nitrogens with zero attached hydrogens (tertiary/aromatic N) is 4. The number of aryl methyl sites for hydroxylation is 1. The molecule has 2 aliphatic rings. The molecule has 45 heavy (non-hydrogen) atoms. The maximum absolute atomic E-state index is 14.0. The molecule has 3 aromatic carbocycles. The lowest BCUT2D eigenvalue weighted by Crippen LogP contribution is -2.38. The molecular formula is C35H38N6O3S. The Morgan fingerprint density at radius 1 is 0.956 bits per heavy atom. The lowest BCUT2D eigenvalue weighted by atomic mass is 9.94. The summed E-state index contributed by atoms with van der Waals surface area (Å²) in [6, 6.07) is 23.1. The minimum absolute atomic E-state index is 0.00439. The highest BCUT2D eigenvalue weighted by Crippen LogP contribution is 2.38. The Kier molecular flexibility index (Phi) is 9.21. The number of piperidine rings is 1. The summed E-state index contributed by atoms with van der Waals surface area (Å²) >= 11 is 1.55. The highest BCUT2D eigenvalue weighted by Gasteiger charge is 2.34. The van der Waals surface area contributed by atoms with Crippen molar-refractivity contribution in [1.82, 2.24) is 19.7 Å². The molecule has 0 bridgehead atoms. The molecule has 3 heterocycles. The number of fused-ring (bicyclic) bond motifs is 1. The molecule has 0 aliphatic carbocycles. The third-order valence-corrected chi connectivity index (χ3v) is 9.32. The Morgan fingerprint density at radius 3 is 2.47 bits per heavy atom. The predicted octanol–water partition coefficient (Wildman–Crippen LogP) is 6.51. The van der Waals surface area contributed by atoms with Crippen molar-refractivity contribution in [2.24, 2.45) is 0 Å². The minimum atomic E-state index is -0.533. The predicted molar refractivity (Wildman–Crippen MR) is 177 cm³/mol. The van der Waals surface area contributed by atoms with Gasteiger partial charge in [-0.25, -0.2) is 4.68 Å². The van der Waals surface area contributed by atoms with Crippen LogP contribution < -0.4 is 15.4 Å². The monoisotopic (exact) mass is 622 g/mol. The van der Waals surface area contributed by atoms with Crippen molar-refractivity contribution < 1.29 is 14.3 Å².